The van der Waals surface area contributed by atoms with Gasteiger partial charge in [0.25, 0.3) is 5.91 Å². The van der Waals surface area contributed by atoms with Crippen molar-refractivity contribution >= 4 is 39.6 Å². The second kappa shape index (κ2) is 11.4. The smallest absolute Gasteiger partial charge is 0.254 e. The third-order valence-electron chi connectivity index (χ3n) is 8.81. The number of carbonyl (C=O) groups is 1. The Hall–Kier alpha value is -4.06. The predicted octanol–water partition coefficient (Wildman–Crippen LogP) is 5.47. The summed E-state index contributed by atoms with van der Waals surface area (Å²) in [5.41, 5.74) is 10.1. The number of aryl methyl sites for hydroxylation is 1. The lowest BCUT2D eigenvalue weighted by Gasteiger charge is -2.33. The molecule has 2 aromatic carbocycles. The van der Waals surface area contributed by atoms with E-state index in [1.807, 2.05) is 23.7 Å². The fourth-order valence-electron chi connectivity index (χ4n) is 6.35. The zero-order chi connectivity index (χ0) is 31.6. The number of pyridine rings is 1. The maximum Gasteiger partial charge on any atom is 0.254 e. The van der Waals surface area contributed by atoms with Gasteiger partial charge in [-0.1, -0.05) is 11.6 Å². The summed E-state index contributed by atoms with van der Waals surface area (Å²) in [4.78, 5) is 24.8. The zero-order valence-corrected chi connectivity index (χ0v) is 25.7. The van der Waals surface area contributed by atoms with Crippen LogP contribution in [0.4, 0.5) is 8.78 Å². The number of hydrogen-bond donors (Lipinski definition) is 2. The molecule has 4 heterocycles. The number of aliphatic hydroxyl groups excluding tert-OH is 1. The van der Waals surface area contributed by atoms with Crippen molar-refractivity contribution in [3.63, 3.8) is 0 Å². The number of nitrogens with zero attached hydrogens (tertiary/aromatic N) is 5. The summed E-state index contributed by atoms with van der Waals surface area (Å²) in [6.45, 7) is 0.633. The normalized spacial score (nSPS) is 18.7. The topological polar surface area (TPSA) is 111 Å². The molecular formula is C33H33ClF2N6O3. The number of aromatic nitrogens is 4. The largest absolute Gasteiger partial charge is 0.494 e. The minimum atomic E-state index is -1.17. The van der Waals surface area contributed by atoms with E-state index in [2.05, 4.69) is 4.57 Å². The van der Waals surface area contributed by atoms with E-state index in [1.54, 1.807) is 18.2 Å². The minimum absolute atomic E-state index is 0.00169. The number of fused-ring (bicyclic) bond motifs is 2. The third kappa shape index (κ3) is 5.32. The molecule has 3 N–H and O–H groups in total. The number of ether oxygens (including phenoxy) is 1. The van der Waals surface area contributed by atoms with Crippen LogP contribution in [0.5, 0.6) is 5.75 Å². The van der Waals surface area contributed by atoms with Gasteiger partial charge in [-0.05, 0) is 73.2 Å². The van der Waals surface area contributed by atoms with Crippen LogP contribution in [0.25, 0.3) is 44.8 Å². The second-order valence-corrected chi connectivity index (χ2v) is 12.5. The molecule has 5 aromatic rings. The van der Waals surface area contributed by atoms with Crippen molar-refractivity contribution in [2.24, 2.45) is 18.7 Å². The summed E-state index contributed by atoms with van der Waals surface area (Å²) in [6.07, 6.45) is 1.28. The van der Waals surface area contributed by atoms with Gasteiger partial charge in [0, 0.05) is 47.7 Å². The van der Waals surface area contributed by atoms with Gasteiger partial charge in [0.15, 0.2) is 5.82 Å². The van der Waals surface area contributed by atoms with Crippen molar-refractivity contribution in [1.29, 1.82) is 0 Å². The van der Waals surface area contributed by atoms with Crippen molar-refractivity contribution < 1.29 is 23.4 Å². The first-order chi connectivity index (χ1) is 21.6. The quantitative estimate of drug-likeness (QED) is 0.246. The molecule has 1 saturated carbocycles. The number of aliphatic hydroxyl groups is 1. The number of benzene rings is 2. The van der Waals surface area contributed by atoms with Crippen LogP contribution in [0.2, 0.25) is 5.02 Å². The van der Waals surface area contributed by atoms with Crippen molar-refractivity contribution in [3.05, 3.63) is 64.4 Å². The Morgan fingerprint density at radius 2 is 1.96 bits per heavy atom. The molecule has 1 aliphatic heterocycles. The van der Waals surface area contributed by atoms with E-state index in [9.17, 15) is 14.3 Å². The van der Waals surface area contributed by atoms with Gasteiger partial charge in [-0.3, -0.25) is 4.79 Å². The Balaban J connectivity index is 1.34. The number of rotatable bonds is 7. The summed E-state index contributed by atoms with van der Waals surface area (Å²) in [7, 11) is 3.43. The molecule has 7 rings (SSSR count). The van der Waals surface area contributed by atoms with Crippen LogP contribution in [0, 0.1) is 11.7 Å². The molecule has 3 aromatic heterocycles. The van der Waals surface area contributed by atoms with E-state index < -0.39 is 18.0 Å². The van der Waals surface area contributed by atoms with E-state index in [0.717, 1.165) is 23.9 Å². The Bertz CT molecular complexity index is 1960. The number of piperidine rings is 1. The van der Waals surface area contributed by atoms with Gasteiger partial charge >= 0.3 is 0 Å². The van der Waals surface area contributed by atoms with Gasteiger partial charge in [-0.25, -0.2) is 18.7 Å². The summed E-state index contributed by atoms with van der Waals surface area (Å²) in [5.74, 6) is 0.775. The molecule has 1 saturated heterocycles. The number of imidazole rings is 1. The van der Waals surface area contributed by atoms with E-state index >= 15 is 4.39 Å². The SMILES string of the molecule is COc1cc(C(=O)N2C[C@H](N)C[C@@H](F)C2)cc2nc(-c3cc4ccc(-c5cc(Cl)c(CO)cc5F)nc4n3CC3CC3)n(C)c12. The average Bonchev–Trinajstić information content (AvgIpc) is 3.69. The zero-order valence-electron chi connectivity index (χ0n) is 24.9. The van der Waals surface area contributed by atoms with Crippen LogP contribution >= 0.6 is 11.6 Å². The molecule has 1 amide bonds. The maximum absolute atomic E-state index is 15.1. The Labute approximate surface area is 263 Å². The number of likely N-dealkylation sites (tertiary alicyclic amines) is 1. The minimum Gasteiger partial charge on any atom is -0.494 e. The van der Waals surface area contributed by atoms with Crippen molar-refractivity contribution in [1.82, 2.24) is 24.0 Å². The maximum atomic E-state index is 15.1. The van der Waals surface area contributed by atoms with Crippen LogP contribution < -0.4 is 10.5 Å². The fourth-order valence-corrected chi connectivity index (χ4v) is 6.58. The number of halogens is 3. The molecule has 234 valence electrons. The molecular weight excluding hydrogens is 602 g/mol. The van der Waals surface area contributed by atoms with E-state index in [-0.39, 0.29) is 42.6 Å². The standard InChI is InChI=1S/C33H33ClF2N6O3/c1-40-30-27(8-19(10-29(30)45-2)33(44)41-14-21(35)11-22(37)15-41)39-32(40)28-9-18-5-6-26(38-31(18)42(28)13-17-3-4-17)23-12-24(34)20(16-43)7-25(23)36/h5-10,12,17,21-22,43H,3-4,11,13-16,37H2,1-2H3/t21-,22-/m1/s1. The van der Waals surface area contributed by atoms with Crippen molar-refractivity contribution in [2.75, 3.05) is 20.2 Å². The average molecular weight is 635 g/mol. The molecule has 9 nitrogen and oxygen atoms in total. The first kappa shape index (κ1) is 29.6. The fraction of sp³-hybridized carbons (Fsp3) is 0.364. The van der Waals surface area contributed by atoms with E-state index in [4.69, 9.17) is 32.0 Å². The van der Waals surface area contributed by atoms with E-state index in [1.165, 1.54) is 24.1 Å². The van der Waals surface area contributed by atoms with E-state index in [0.29, 0.717) is 57.5 Å². The molecule has 1 aliphatic carbocycles. The molecule has 0 unspecified atom stereocenters. The first-order valence-electron chi connectivity index (χ1n) is 15.0. The Kier molecular flexibility index (Phi) is 7.50. The van der Waals surface area contributed by atoms with Gasteiger partial charge in [0.1, 0.15) is 28.9 Å². The molecule has 0 spiro atoms. The summed E-state index contributed by atoms with van der Waals surface area (Å²) < 4.78 is 39.1. The molecule has 2 aliphatic rings. The monoisotopic (exact) mass is 634 g/mol. The molecule has 2 fully saturated rings. The Morgan fingerprint density at radius 1 is 1.16 bits per heavy atom. The lowest BCUT2D eigenvalue weighted by atomic mass is 10.0. The highest BCUT2D eigenvalue weighted by molar-refractivity contribution is 6.31. The van der Waals surface area contributed by atoms with Crippen LogP contribution in [0.3, 0.4) is 0 Å². The van der Waals surface area contributed by atoms with Crippen LogP contribution in [0.15, 0.2) is 42.5 Å². The number of carbonyl (C=O) groups excluding carboxylic acids is 1. The summed E-state index contributed by atoms with van der Waals surface area (Å²) in [5, 5.41) is 10.6. The highest BCUT2D eigenvalue weighted by Gasteiger charge is 2.31. The van der Waals surface area contributed by atoms with Crippen molar-refractivity contribution in [2.45, 2.75) is 44.6 Å². The van der Waals surface area contributed by atoms with Gasteiger partial charge in [-0.2, -0.15) is 0 Å². The number of nitrogens with two attached hydrogens (primary N) is 1. The van der Waals surface area contributed by atoms with Gasteiger partial charge < -0.3 is 29.6 Å². The number of hydrogen-bond acceptors (Lipinski definition) is 6. The molecule has 0 bridgehead atoms. The molecule has 45 heavy (non-hydrogen) atoms. The molecule has 12 heteroatoms. The van der Waals surface area contributed by atoms with Crippen molar-refractivity contribution in [3.8, 4) is 28.5 Å². The predicted molar refractivity (Wildman–Crippen MR) is 168 cm³/mol. The van der Waals surface area contributed by atoms with Gasteiger partial charge in [-0.15, -0.1) is 0 Å². The van der Waals surface area contributed by atoms with Gasteiger partial charge in [0.2, 0.25) is 0 Å². The van der Waals surface area contributed by atoms with Gasteiger partial charge in [0.05, 0.1) is 37.2 Å². The lowest BCUT2D eigenvalue weighted by Crippen LogP contribution is -2.50. The highest BCUT2D eigenvalue weighted by atomic mass is 35.5. The summed E-state index contributed by atoms with van der Waals surface area (Å²) >= 11 is 6.30. The van der Waals surface area contributed by atoms with Crippen LogP contribution in [-0.4, -0.2) is 67.4 Å². The highest BCUT2D eigenvalue weighted by Crippen LogP contribution is 2.39. The number of amides is 1. The Morgan fingerprint density at radius 3 is 2.67 bits per heavy atom. The first-order valence-corrected chi connectivity index (χ1v) is 15.4. The van der Waals surface area contributed by atoms with Crippen LogP contribution in [0.1, 0.15) is 35.2 Å². The van der Waals surface area contributed by atoms with Crippen LogP contribution in [-0.2, 0) is 20.2 Å². The second-order valence-electron chi connectivity index (χ2n) is 12.1. The molecule has 0 radical (unpaired) electrons. The number of alkyl halides is 1. The molecule has 2 atom stereocenters. The number of methoxy groups -OCH3 is 1. The summed E-state index contributed by atoms with van der Waals surface area (Å²) in [6, 6.07) is 11.4. The third-order valence-corrected chi connectivity index (χ3v) is 9.17. The lowest BCUT2D eigenvalue weighted by molar-refractivity contribution is 0.0606.